The second-order valence-electron chi connectivity index (χ2n) is 4.31. The van der Waals surface area contributed by atoms with E-state index in [0.29, 0.717) is 5.75 Å². The second kappa shape index (κ2) is 9.35. The van der Waals surface area contributed by atoms with Crippen LogP contribution in [0.2, 0.25) is 0 Å². The molecule has 1 N–H and O–H groups in total. The van der Waals surface area contributed by atoms with E-state index in [-0.39, 0.29) is 0 Å². The predicted octanol–water partition coefficient (Wildman–Crippen LogP) is 5.56. The van der Waals surface area contributed by atoms with Crippen molar-refractivity contribution >= 4 is 10.9 Å². The third-order valence-corrected chi connectivity index (χ3v) is 2.91. The fourth-order valence-corrected chi connectivity index (χ4v) is 2.05. The largest absolute Gasteiger partial charge is 0.505 e. The molecular formula is C18H29NO. The number of pyridine rings is 1. The van der Waals surface area contributed by atoms with Crippen molar-refractivity contribution in [1.82, 2.24) is 4.98 Å². The first-order valence-corrected chi connectivity index (χ1v) is 7.72. The van der Waals surface area contributed by atoms with Crippen molar-refractivity contribution in [1.29, 1.82) is 0 Å². The van der Waals surface area contributed by atoms with E-state index >= 15 is 0 Å². The maximum Gasteiger partial charge on any atom is 0.144 e. The van der Waals surface area contributed by atoms with Crippen LogP contribution in [0.25, 0.3) is 10.9 Å². The fourth-order valence-electron chi connectivity index (χ4n) is 2.05. The van der Waals surface area contributed by atoms with Gasteiger partial charge in [-0.3, -0.25) is 0 Å². The normalized spacial score (nSPS) is 9.35. The average Bonchev–Trinajstić information content (AvgIpc) is 2.49. The summed E-state index contributed by atoms with van der Waals surface area (Å²) in [6.45, 7) is 14.1. The van der Waals surface area contributed by atoms with E-state index in [0.717, 1.165) is 35.0 Å². The molecular weight excluding hydrogens is 246 g/mol. The van der Waals surface area contributed by atoms with E-state index < -0.39 is 0 Å². The molecule has 0 saturated carbocycles. The standard InChI is InChI=1S/C14H17NO.2C2H6/c1-4-5-11-6-7-12-9(2)8-10(3)14(16)13(12)15-11;2*1-2/h6-8,16H,4-5H2,1-3H3;2*1-2H3. The Labute approximate surface area is 123 Å². The van der Waals surface area contributed by atoms with Crippen LogP contribution in [-0.4, -0.2) is 10.1 Å². The first-order chi connectivity index (χ1) is 9.63. The fraction of sp³-hybridized carbons (Fsp3) is 0.500. The minimum absolute atomic E-state index is 0.318. The van der Waals surface area contributed by atoms with Crippen LogP contribution >= 0.6 is 0 Å². The number of aromatic nitrogens is 1. The van der Waals surface area contributed by atoms with Gasteiger partial charge in [-0.25, -0.2) is 4.98 Å². The van der Waals surface area contributed by atoms with Crippen molar-refractivity contribution < 1.29 is 5.11 Å². The number of nitrogens with zero attached hydrogens (tertiary/aromatic N) is 1. The van der Waals surface area contributed by atoms with Crippen LogP contribution in [0.15, 0.2) is 18.2 Å². The third kappa shape index (κ3) is 4.22. The highest BCUT2D eigenvalue weighted by Crippen LogP contribution is 2.29. The highest BCUT2D eigenvalue weighted by atomic mass is 16.3. The molecule has 2 nitrogen and oxygen atoms in total. The zero-order valence-electron chi connectivity index (χ0n) is 14.0. The Morgan fingerprint density at radius 1 is 1.00 bits per heavy atom. The van der Waals surface area contributed by atoms with Crippen LogP contribution in [0.1, 0.15) is 57.9 Å². The maximum atomic E-state index is 10.0. The Hall–Kier alpha value is -1.57. The number of aromatic hydroxyl groups is 1. The lowest BCUT2D eigenvalue weighted by molar-refractivity contribution is 0.476. The Balaban J connectivity index is 0.000000829. The molecule has 0 radical (unpaired) electrons. The van der Waals surface area contributed by atoms with Crippen molar-refractivity contribution in [2.75, 3.05) is 0 Å². The summed E-state index contributed by atoms with van der Waals surface area (Å²) >= 11 is 0. The van der Waals surface area contributed by atoms with Gasteiger partial charge >= 0.3 is 0 Å². The summed E-state index contributed by atoms with van der Waals surface area (Å²) in [5, 5.41) is 11.1. The number of hydrogen-bond donors (Lipinski definition) is 1. The lowest BCUT2D eigenvalue weighted by Crippen LogP contribution is -1.92. The van der Waals surface area contributed by atoms with Gasteiger partial charge in [0.25, 0.3) is 0 Å². The van der Waals surface area contributed by atoms with Crippen molar-refractivity contribution in [3.63, 3.8) is 0 Å². The maximum absolute atomic E-state index is 10.0. The van der Waals surface area contributed by atoms with Crippen LogP contribution < -0.4 is 0 Å². The van der Waals surface area contributed by atoms with Crippen LogP contribution in [-0.2, 0) is 6.42 Å². The number of aryl methyl sites for hydroxylation is 3. The molecule has 20 heavy (non-hydrogen) atoms. The lowest BCUT2D eigenvalue weighted by atomic mass is 10.0. The summed E-state index contributed by atoms with van der Waals surface area (Å²) < 4.78 is 0. The minimum Gasteiger partial charge on any atom is -0.505 e. The topological polar surface area (TPSA) is 33.1 Å². The molecule has 0 amide bonds. The zero-order chi connectivity index (χ0) is 15.7. The molecule has 2 aromatic rings. The molecule has 0 bridgehead atoms. The quantitative estimate of drug-likeness (QED) is 0.778. The summed E-state index contributed by atoms with van der Waals surface area (Å²) in [7, 11) is 0. The van der Waals surface area contributed by atoms with Crippen LogP contribution in [0.5, 0.6) is 5.75 Å². The van der Waals surface area contributed by atoms with E-state index in [4.69, 9.17) is 0 Å². The van der Waals surface area contributed by atoms with Gasteiger partial charge in [0.1, 0.15) is 11.3 Å². The molecule has 0 aliphatic carbocycles. The zero-order valence-corrected chi connectivity index (χ0v) is 14.0. The molecule has 0 atom stereocenters. The molecule has 0 saturated heterocycles. The minimum atomic E-state index is 0.318. The molecule has 2 heteroatoms. The van der Waals surface area contributed by atoms with Gasteiger partial charge in [0.05, 0.1) is 0 Å². The van der Waals surface area contributed by atoms with E-state index in [9.17, 15) is 5.11 Å². The third-order valence-electron chi connectivity index (χ3n) is 2.91. The molecule has 0 unspecified atom stereocenters. The highest BCUT2D eigenvalue weighted by molar-refractivity contribution is 5.88. The number of fused-ring (bicyclic) bond motifs is 1. The first-order valence-electron chi connectivity index (χ1n) is 7.72. The SMILES string of the molecule is CC.CC.CCCc1ccc2c(C)cc(C)c(O)c2n1. The Bertz CT molecular complexity index is 532. The summed E-state index contributed by atoms with van der Waals surface area (Å²) in [5.41, 5.74) is 3.85. The predicted molar refractivity (Wildman–Crippen MR) is 89.6 cm³/mol. The van der Waals surface area contributed by atoms with Gasteiger partial charge < -0.3 is 5.11 Å². The summed E-state index contributed by atoms with van der Waals surface area (Å²) in [5.74, 6) is 0.318. The second-order valence-corrected chi connectivity index (χ2v) is 4.31. The van der Waals surface area contributed by atoms with E-state index in [1.165, 1.54) is 5.56 Å². The molecule has 0 aliphatic rings. The molecule has 0 spiro atoms. The van der Waals surface area contributed by atoms with E-state index in [1.54, 1.807) is 0 Å². The van der Waals surface area contributed by atoms with Gasteiger partial charge in [-0.1, -0.05) is 53.2 Å². The highest BCUT2D eigenvalue weighted by Gasteiger charge is 2.08. The first kappa shape index (κ1) is 18.4. The van der Waals surface area contributed by atoms with Crippen molar-refractivity contribution in [3.05, 3.63) is 35.0 Å². The molecule has 1 aromatic carbocycles. The van der Waals surface area contributed by atoms with Gasteiger partial charge in [-0.15, -0.1) is 0 Å². The summed E-state index contributed by atoms with van der Waals surface area (Å²) in [6.07, 6.45) is 2.03. The van der Waals surface area contributed by atoms with Crippen molar-refractivity contribution in [3.8, 4) is 5.75 Å². The Morgan fingerprint density at radius 2 is 1.60 bits per heavy atom. The molecule has 112 valence electrons. The van der Waals surface area contributed by atoms with Crippen LogP contribution in [0, 0.1) is 13.8 Å². The van der Waals surface area contributed by atoms with Crippen molar-refractivity contribution in [2.24, 2.45) is 0 Å². The summed E-state index contributed by atoms with van der Waals surface area (Å²) in [4.78, 5) is 4.54. The smallest absolute Gasteiger partial charge is 0.144 e. The van der Waals surface area contributed by atoms with Gasteiger partial charge in [-0.05, 0) is 37.5 Å². The van der Waals surface area contributed by atoms with Gasteiger partial charge in [-0.2, -0.15) is 0 Å². The van der Waals surface area contributed by atoms with Gasteiger partial charge in [0.15, 0.2) is 0 Å². The number of phenolic OH excluding ortho intramolecular Hbond substituents is 1. The van der Waals surface area contributed by atoms with Crippen LogP contribution in [0.3, 0.4) is 0 Å². The van der Waals surface area contributed by atoms with Crippen LogP contribution in [0.4, 0.5) is 0 Å². The Morgan fingerprint density at radius 3 is 2.15 bits per heavy atom. The number of hydrogen-bond acceptors (Lipinski definition) is 2. The monoisotopic (exact) mass is 275 g/mol. The van der Waals surface area contributed by atoms with E-state index in [1.807, 2.05) is 46.8 Å². The molecule has 2 rings (SSSR count). The van der Waals surface area contributed by atoms with Gasteiger partial charge in [0, 0.05) is 11.1 Å². The average molecular weight is 275 g/mol. The Kier molecular flexibility index (Phi) is 8.62. The number of benzene rings is 1. The molecule has 0 fully saturated rings. The number of phenols is 1. The van der Waals surface area contributed by atoms with E-state index in [2.05, 4.69) is 24.9 Å². The molecule has 1 heterocycles. The summed E-state index contributed by atoms with van der Waals surface area (Å²) in [6, 6.07) is 6.11. The lowest BCUT2D eigenvalue weighted by Gasteiger charge is -2.08. The molecule has 1 aromatic heterocycles. The number of rotatable bonds is 2. The molecule has 0 aliphatic heterocycles. The van der Waals surface area contributed by atoms with Gasteiger partial charge in [0.2, 0.25) is 0 Å². The van der Waals surface area contributed by atoms with Crippen molar-refractivity contribution in [2.45, 2.75) is 61.3 Å².